The Morgan fingerprint density at radius 3 is 1.59 bits per heavy atom. The fourth-order valence-corrected chi connectivity index (χ4v) is 7.32. The molecule has 2 aromatic carbocycles. The number of aryl methyl sites for hydroxylation is 1. The molecule has 2 fully saturated rings. The maximum atomic E-state index is 12.8. The molecule has 0 N–H and O–H groups in total. The van der Waals surface area contributed by atoms with Crippen LogP contribution in [0.3, 0.4) is 0 Å². The van der Waals surface area contributed by atoms with Crippen LogP contribution in [0.4, 0.5) is 13.2 Å². The zero-order chi connectivity index (χ0) is 38.9. The molecule has 0 atom stereocenters. The Bertz CT molecular complexity index is 2180. The third kappa shape index (κ3) is 10.2. The van der Waals surface area contributed by atoms with Gasteiger partial charge in [-0.25, -0.2) is 19.0 Å². The monoisotopic (exact) mass is 788 g/mol. The number of alkyl halides is 3. The summed E-state index contributed by atoms with van der Waals surface area (Å²) in [6.07, 6.45) is 8.90. The van der Waals surface area contributed by atoms with Gasteiger partial charge in [0, 0.05) is 41.4 Å². The summed E-state index contributed by atoms with van der Waals surface area (Å²) in [6, 6.07) is 18.4. The van der Waals surface area contributed by atoms with Crippen molar-refractivity contribution >= 4 is 22.9 Å². The highest BCUT2D eigenvalue weighted by Crippen LogP contribution is 2.31. The number of imidazole rings is 2. The molecule has 296 valence electrons. The Morgan fingerprint density at radius 2 is 1.11 bits per heavy atom. The van der Waals surface area contributed by atoms with Gasteiger partial charge in [-0.15, -0.1) is 10.2 Å². The van der Waals surface area contributed by atoms with Gasteiger partial charge in [-0.05, 0) is 108 Å². The fraction of sp³-hybridized carbons (Fsp3) is 0.429. The maximum Gasteiger partial charge on any atom is 0.416 e. The average molecular weight is 789 g/mol. The van der Waals surface area contributed by atoms with E-state index in [0.717, 1.165) is 78.6 Å². The van der Waals surface area contributed by atoms with Crippen molar-refractivity contribution < 1.29 is 22.6 Å². The number of nitrogens with zero attached hydrogens (tertiary/aromatic N) is 8. The molecule has 0 bridgehead atoms. The Balaban J connectivity index is 0.000000172. The minimum atomic E-state index is -4.36. The largest absolute Gasteiger partial charge is 0.477 e. The summed E-state index contributed by atoms with van der Waals surface area (Å²) >= 11 is 6.28. The lowest BCUT2D eigenvalue weighted by Gasteiger charge is -2.26. The second-order valence-corrected chi connectivity index (χ2v) is 14.8. The molecule has 0 saturated carbocycles. The molecule has 6 aromatic rings. The maximum absolute atomic E-state index is 12.8. The van der Waals surface area contributed by atoms with E-state index in [1.165, 1.54) is 63.7 Å². The van der Waals surface area contributed by atoms with Crippen LogP contribution in [0.2, 0.25) is 5.02 Å². The molecule has 2 saturated heterocycles. The molecule has 8 rings (SSSR count). The molecular weight excluding hydrogens is 741 g/mol. The molecule has 2 aliphatic rings. The highest BCUT2D eigenvalue weighted by molar-refractivity contribution is 6.31. The molecule has 0 spiro atoms. The first kappa shape index (κ1) is 39.5. The third-order valence-corrected chi connectivity index (χ3v) is 10.7. The van der Waals surface area contributed by atoms with Gasteiger partial charge in [0.25, 0.3) is 0 Å². The van der Waals surface area contributed by atoms with Gasteiger partial charge in [-0.2, -0.15) is 13.2 Å². The second kappa shape index (κ2) is 18.5. The molecule has 4 aromatic heterocycles. The topological polar surface area (TPSA) is 85.3 Å². The van der Waals surface area contributed by atoms with Crippen LogP contribution in [-0.4, -0.2) is 91.5 Å². The first-order valence-electron chi connectivity index (χ1n) is 19.6. The van der Waals surface area contributed by atoms with Crippen LogP contribution >= 0.6 is 11.6 Å². The smallest absolute Gasteiger partial charge is 0.416 e. The normalized spacial score (nSPS) is 15.5. The van der Waals surface area contributed by atoms with Crippen LogP contribution in [-0.2, 0) is 6.18 Å². The minimum absolute atomic E-state index is 0.474. The number of likely N-dealkylation sites (tertiary alicyclic amines) is 2. The molecule has 56 heavy (non-hydrogen) atoms. The van der Waals surface area contributed by atoms with Gasteiger partial charge >= 0.3 is 6.18 Å². The SMILES string of the molecule is Cc1ccc(-c2cnc3ccc(OCCCN4CCCCC4)nn23)cc1Cl.FC(F)(F)c1ccc(-c2cnc3ccc(OCCCN4CCCCC4)nn23)cc1. The van der Waals surface area contributed by atoms with E-state index in [4.69, 9.17) is 21.1 Å². The number of ether oxygens (including phenoxy) is 2. The van der Waals surface area contributed by atoms with Gasteiger partial charge in [0.2, 0.25) is 11.8 Å². The highest BCUT2D eigenvalue weighted by atomic mass is 35.5. The number of piperidine rings is 2. The summed E-state index contributed by atoms with van der Waals surface area (Å²) in [6.45, 7) is 10.1. The third-order valence-electron chi connectivity index (χ3n) is 10.3. The first-order chi connectivity index (χ1) is 27.2. The summed E-state index contributed by atoms with van der Waals surface area (Å²) in [4.78, 5) is 13.7. The van der Waals surface area contributed by atoms with E-state index in [9.17, 15) is 13.2 Å². The van der Waals surface area contributed by atoms with Crippen molar-refractivity contribution in [1.82, 2.24) is 39.0 Å². The van der Waals surface area contributed by atoms with E-state index < -0.39 is 11.7 Å². The zero-order valence-corrected chi connectivity index (χ0v) is 32.5. The molecule has 14 heteroatoms. The Kier molecular flexibility index (Phi) is 13.0. The molecule has 2 aliphatic heterocycles. The Hall–Kier alpha value is -4.72. The van der Waals surface area contributed by atoms with Crippen LogP contribution in [0.1, 0.15) is 62.5 Å². The molecule has 0 unspecified atom stereocenters. The molecular formula is C42H48ClF3N8O2. The average Bonchev–Trinajstić information content (AvgIpc) is 3.84. The van der Waals surface area contributed by atoms with Gasteiger partial charge in [0.1, 0.15) is 0 Å². The fourth-order valence-electron chi connectivity index (χ4n) is 7.14. The predicted octanol–water partition coefficient (Wildman–Crippen LogP) is 9.28. The summed E-state index contributed by atoms with van der Waals surface area (Å²) in [5.74, 6) is 1.10. The van der Waals surface area contributed by atoms with E-state index >= 15 is 0 Å². The van der Waals surface area contributed by atoms with Gasteiger partial charge in [-0.1, -0.05) is 48.7 Å². The predicted molar refractivity (Wildman–Crippen MR) is 212 cm³/mol. The number of hydrogen-bond acceptors (Lipinski definition) is 8. The number of halogens is 4. The van der Waals surface area contributed by atoms with E-state index in [-0.39, 0.29) is 0 Å². The quantitative estimate of drug-likeness (QED) is 0.114. The van der Waals surface area contributed by atoms with Crippen LogP contribution in [0.15, 0.2) is 79.1 Å². The number of hydrogen-bond donors (Lipinski definition) is 0. The zero-order valence-electron chi connectivity index (χ0n) is 31.7. The highest BCUT2D eigenvalue weighted by Gasteiger charge is 2.30. The van der Waals surface area contributed by atoms with Crippen molar-refractivity contribution in [2.75, 3.05) is 52.5 Å². The van der Waals surface area contributed by atoms with Crippen LogP contribution < -0.4 is 9.47 Å². The lowest BCUT2D eigenvalue weighted by atomic mass is 10.1. The van der Waals surface area contributed by atoms with Crippen LogP contribution in [0.5, 0.6) is 11.8 Å². The van der Waals surface area contributed by atoms with Crippen molar-refractivity contribution in [1.29, 1.82) is 0 Å². The number of rotatable bonds is 12. The lowest BCUT2D eigenvalue weighted by molar-refractivity contribution is -0.137. The minimum Gasteiger partial charge on any atom is -0.477 e. The first-order valence-corrected chi connectivity index (χ1v) is 19.9. The van der Waals surface area contributed by atoms with Crippen molar-refractivity contribution in [3.63, 3.8) is 0 Å². The van der Waals surface area contributed by atoms with Gasteiger partial charge in [-0.3, -0.25) is 0 Å². The summed E-state index contributed by atoms with van der Waals surface area (Å²) in [5.41, 5.74) is 4.91. The van der Waals surface area contributed by atoms with Crippen LogP contribution in [0, 0.1) is 6.92 Å². The van der Waals surface area contributed by atoms with Gasteiger partial charge < -0.3 is 19.3 Å². The molecule has 0 radical (unpaired) electrons. The second-order valence-electron chi connectivity index (χ2n) is 14.4. The molecule has 10 nitrogen and oxygen atoms in total. The van der Waals surface area contributed by atoms with Crippen molar-refractivity contribution in [2.45, 2.75) is 64.5 Å². The van der Waals surface area contributed by atoms with Crippen molar-refractivity contribution in [2.24, 2.45) is 0 Å². The van der Waals surface area contributed by atoms with Crippen molar-refractivity contribution in [3.05, 3.63) is 95.3 Å². The summed E-state index contributed by atoms with van der Waals surface area (Å²) < 4.78 is 53.5. The Labute approximate surface area is 330 Å². The Morgan fingerprint density at radius 1 is 0.625 bits per heavy atom. The van der Waals surface area contributed by atoms with E-state index in [2.05, 4.69) is 30.0 Å². The summed E-state index contributed by atoms with van der Waals surface area (Å²) in [5, 5.41) is 9.83. The standard InChI is InChI=1S/C21H25ClN4O.C21H23F3N4O/c1-16-6-7-17(14-18(16)22)19-15-23-20-8-9-21(24-26(19)20)27-13-5-12-25-10-3-2-4-11-25;22-21(23,24)17-7-5-16(6-8-17)18-15-25-19-9-10-20(26-28(18)19)29-14-4-13-27-11-2-1-3-12-27/h6-9,14-15H,2-5,10-13H2,1H3;5-10,15H,1-4,11-14H2. The van der Waals surface area contributed by atoms with Gasteiger partial charge in [0.05, 0.1) is 42.6 Å². The van der Waals surface area contributed by atoms with E-state index in [1.54, 1.807) is 22.8 Å². The molecule has 0 amide bonds. The molecule has 0 aliphatic carbocycles. The van der Waals surface area contributed by atoms with Crippen molar-refractivity contribution in [3.8, 4) is 34.3 Å². The van der Waals surface area contributed by atoms with E-state index in [0.29, 0.717) is 41.9 Å². The number of fused-ring (bicyclic) bond motifs is 2. The van der Waals surface area contributed by atoms with Crippen LogP contribution in [0.25, 0.3) is 33.8 Å². The summed E-state index contributed by atoms with van der Waals surface area (Å²) in [7, 11) is 0. The number of aromatic nitrogens is 6. The number of benzene rings is 2. The van der Waals surface area contributed by atoms with Gasteiger partial charge in [0.15, 0.2) is 11.3 Å². The van der Waals surface area contributed by atoms with E-state index in [1.807, 2.05) is 48.0 Å². The molecule has 6 heterocycles. The lowest BCUT2D eigenvalue weighted by Crippen LogP contribution is -2.31.